The molecule has 0 aromatic carbocycles. The van der Waals surface area contributed by atoms with E-state index in [0.717, 1.165) is 22.5 Å². The van der Waals surface area contributed by atoms with Crippen LogP contribution in [0.4, 0.5) is 0 Å². The van der Waals surface area contributed by atoms with Gasteiger partial charge in [0, 0.05) is 18.8 Å². The molecule has 0 fully saturated rings. The number of nitrogens with zero attached hydrogens (tertiary/aromatic N) is 2. The SMILES string of the molecule is CCOC(=O)CC/C=C/c1ccnc(-c2cc(C)ccn2)c1. The molecule has 2 rings (SSSR count). The van der Waals surface area contributed by atoms with Gasteiger partial charge in [-0.3, -0.25) is 14.8 Å². The zero-order chi connectivity index (χ0) is 15.8. The summed E-state index contributed by atoms with van der Waals surface area (Å²) in [6, 6.07) is 7.89. The van der Waals surface area contributed by atoms with Gasteiger partial charge in [-0.2, -0.15) is 0 Å². The Morgan fingerprint density at radius 3 is 2.64 bits per heavy atom. The number of rotatable bonds is 6. The number of pyridine rings is 2. The molecule has 114 valence electrons. The number of hydrogen-bond acceptors (Lipinski definition) is 4. The molecule has 4 nitrogen and oxygen atoms in total. The molecule has 4 heteroatoms. The summed E-state index contributed by atoms with van der Waals surface area (Å²) in [5, 5.41) is 0. The second-order valence-electron chi connectivity index (χ2n) is 4.94. The number of hydrogen-bond donors (Lipinski definition) is 0. The van der Waals surface area contributed by atoms with Crippen molar-refractivity contribution in [2.24, 2.45) is 0 Å². The Balaban J connectivity index is 2.01. The highest BCUT2D eigenvalue weighted by molar-refractivity contribution is 5.69. The predicted octanol–water partition coefficient (Wildman–Crippen LogP) is 3.81. The maximum absolute atomic E-state index is 11.3. The summed E-state index contributed by atoms with van der Waals surface area (Å²) >= 11 is 0. The second-order valence-corrected chi connectivity index (χ2v) is 4.94. The minimum Gasteiger partial charge on any atom is -0.466 e. The van der Waals surface area contributed by atoms with Gasteiger partial charge >= 0.3 is 5.97 Å². The van der Waals surface area contributed by atoms with Gasteiger partial charge in [0.1, 0.15) is 0 Å². The van der Waals surface area contributed by atoms with Crippen molar-refractivity contribution in [2.45, 2.75) is 26.7 Å². The Kier molecular flexibility index (Phi) is 5.83. The molecule has 0 saturated carbocycles. The van der Waals surface area contributed by atoms with Gasteiger partial charge in [-0.1, -0.05) is 12.2 Å². The molecule has 2 aromatic rings. The molecule has 2 heterocycles. The molecule has 0 amide bonds. The molecule has 0 bridgehead atoms. The molecular formula is C18H20N2O2. The highest BCUT2D eigenvalue weighted by atomic mass is 16.5. The van der Waals surface area contributed by atoms with Crippen molar-refractivity contribution in [3.05, 3.63) is 53.9 Å². The van der Waals surface area contributed by atoms with E-state index in [-0.39, 0.29) is 5.97 Å². The van der Waals surface area contributed by atoms with E-state index in [1.54, 1.807) is 12.4 Å². The van der Waals surface area contributed by atoms with Crippen LogP contribution in [-0.2, 0) is 9.53 Å². The smallest absolute Gasteiger partial charge is 0.306 e. The van der Waals surface area contributed by atoms with Crippen molar-refractivity contribution >= 4 is 12.0 Å². The highest BCUT2D eigenvalue weighted by Gasteiger charge is 2.02. The summed E-state index contributed by atoms with van der Waals surface area (Å²) < 4.78 is 4.89. The Morgan fingerprint density at radius 2 is 1.91 bits per heavy atom. The number of aryl methyl sites for hydroxylation is 1. The first-order valence-corrected chi connectivity index (χ1v) is 7.40. The van der Waals surface area contributed by atoms with E-state index < -0.39 is 0 Å². The molecule has 0 saturated heterocycles. The van der Waals surface area contributed by atoms with Crippen LogP contribution in [0.25, 0.3) is 17.5 Å². The lowest BCUT2D eigenvalue weighted by molar-refractivity contribution is -0.142. The molecule has 0 radical (unpaired) electrons. The van der Waals surface area contributed by atoms with Crippen LogP contribution in [0, 0.1) is 6.92 Å². The van der Waals surface area contributed by atoms with Crippen molar-refractivity contribution in [3.63, 3.8) is 0 Å². The Labute approximate surface area is 130 Å². The van der Waals surface area contributed by atoms with Gasteiger partial charge in [0.2, 0.25) is 0 Å². The summed E-state index contributed by atoms with van der Waals surface area (Å²) in [5.74, 6) is -0.161. The maximum Gasteiger partial charge on any atom is 0.306 e. The molecule has 0 aliphatic rings. The minimum absolute atomic E-state index is 0.161. The van der Waals surface area contributed by atoms with Gasteiger partial charge in [0.25, 0.3) is 0 Å². The second kappa shape index (κ2) is 8.08. The Morgan fingerprint density at radius 1 is 1.18 bits per heavy atom. The number of ether oxygens (including phenoxy) is 1. The van der Waals surface area contributed by atoms with Crippen molar-refractivity contribution in [2.75, 3.05) is 6.61 Å². The van der Waals surface area contributed by atoms with Gasteiger partial charge in [-0.15, -0.1) is 0 Å². The standard InChI is InChI=1S/C18H20N2O2/c1-3-22-18(21)7-5-4-6-15-9-11-20-17(13-15)16-12-14(2)8-10-19-16/h4,6,8-13H,3,5,7H2,1-2H3/b6-4+. The van der Waals surface area contributed by atoms with Crippen LogP contribution in [0.1, 0.15) is 30.9 Å². The Bertz CT molecular complexity index is 666. The number of aromatic nitrogens is 2. The van der Waals surface area contributed by atoms with Crippen molar-refractivity contribution in [1.82, 2.24) is 9.97 Å². The van der Waals surface area contributed by atoms with Gasteiger partial charge in [-0.05, 0) is 55.7 Å². The Hall–Kier alpha value is -2.49. The van der Waals surface area contributed by atoms with Crippen LogP contribution in [0.5, 0.6) is 0 Å². The van der Waals surface area contributed by atoms with E-state index in [1.165, 1.54) is 0 Å². The zero-order valence-electron chi connectivity index (χ0n) is 13.0. The quantitative estimate of drug-likeness (QED) is 0.761. The van der Waals surface area contributed by atoms with Crippen LogP contribution >= 0.6 is 0 Å². The van der Waals surface area contributed by atoms with Crippen molar-refractivity contribution in [1.29, 1.82) is 0 Å². The molecule has 0 N–H and O–H groups in total. The van der Waals surface area contributed by atoms with Crippen LogP contribution in [0.3, 0.4) is 0 Å². The largest absolute Gasteiger partial charge is 0.466 e. The fraction of sp³-hybridized carbons (Fsp3) is 0.278. The predicted molar refractivity (Wildman–Crippen MR) is 87.1 cm³/mol. The number of carbonyl (C=O) groups is 1. The number of carbonyl (C=O) groups excluding carboxylic acids is 1. The van der Waals surface area contributed by atoms with Crippen molar-refractivity contribution < 1.29 is 9.53 Å². The van der Waals surface area contributed by atoms with E-state index in [4.69, 9.17) is 4.74 Å². The van der Waals surface area contributed by atoms with Gasteiger partial charge in [0.05, 0.1) is 18.0 Å². The lowest BCUT2D eigenvalue weighted by atomic mass is 10.1. The molecule has 0 aliphatic heterocycles. The van der Waals surface area contributed by atoms with Crippen molar-refractivity contribution in [3.8, 4) is 11.4 Å². The van der Waals surface area contributed by atoms with Crippen LogP contribution < -0.4 is 0 Å². The summed E-state index contributed by atoms with van der Waals surface area (Å²) in [6.45, 7) is 4.27. The monoisotopic (exact) mass is 296 g/mol. The summed E-state index contributed by atoms with van der Waals surface area (Å²) in [4.78, 5) is 20.0. The maximum atomic E-state index is 11.3. The fourth-order valence-corrected chi connectivity index (χ4v) is 2.02. The third-order valence-electron chi connectivity index (χ3n) is 3.09. The first-order valence-electron chi connectivity index (χ1n) is 7.40. The van der Waals surface area contributed by atoms with E-state index in [2.05, 4.69) is 9.97 Å². The molecule has 0 aliphatic carbocycles. The molecule has 0 unspecified atom stereocenters. The zero-order valence-corrected chi connectivity index (χ0v) is 13.0. The molecule has 22 heavy (non-hydrogen) atoms. The first kappa shape index (κ1) is 15.9. The van der Waals surface area contributed by atoms with E-state index in [9.17, 15) is 4.79 Å². The number of allylic oxidation sites excluding steroid dienone is 1. The van der Waals surface area contributed by atoms with E-state index >= 15 is 0 Å². The lowest BCUT2D eigenvalue weighted by Gasteiger charge is -2.02. The summed E-state index contributed by atoms with van der Waals surface area (Å²) in [6.07, 6.45) is 8.58. The molecule has 0 spiro atoms. The van der Waals surface area contributed by atoms with Gasteiger partial charge in [-0.25, -0.2) is 0 Å². The van der Waals surface area contributed by atoms with E-state index in [1.807, 2.05) is 50.3 Å². The summed E-state index contributed by atoms with van der Waals surface area (Å²) in [7, 11) is 0. The first-order chi connectivity index (χ1) is 10.7. The molecule has 0 atom stereocenters. The average Bonchev–Trinajstić information content (AvgIpc) is 2.52. The molecule has 2 aromatic heterocycles. The topological polar surface area (TPSA) is 52.1 Å². The summed E-state index contributed by atoms with van der Waals surface area (Å²) in [5.41, 5.74) is 3.90. The lowest BCUT2D eigenvalue weighted by Crippen LogP contribution is -2.02. The van der Waals surface area contributed by atoms with Crippen LogP contribution in [0.15, 0.2) is 42.7 Å². The third-order valence-corrected chi connectivity index (χ3v) is 3.09. The van der Waals surface area contributed by atoms with Crippen LogP contribution in [-0.4, -0.2) is 22.5 Å². The van der Waals surface area contributed by atoms with E-state index in [0.29, 0.717) is 19.4 Å². The van der Waals surface area contributed by atoms with Gasteiger partial charge in [0.15, 0.2) is 0 Å². The number of esters is 1. The van der Waals surface area contributed by atoms with Crippen LogP contribution in [0.2, 0.25) is 0 Å². The third kappa shape index (κ3) is 4.81. The highest BCUT2D eigenvalue weighted by Crippen LogP contribution is 2.17. The molecular weight excluding hydrogens is 276 g/mol. The minimum atomic E-state index is -0.161. The normalized spacial score (nSPS) is 10.8. The average molecular weight is 296 g/mol. The fourth-order valence-electron chi connectivity index (χ4n) is 2.02. The van der Waals surface area contributed by atoms with Gasteiger partial charge < -0.3 is 4.74 Å².